The first-order valence-electron chi connectivity index (χ1n) is 8.08. The first-order chi connectivity index (χ1) is 12.6. The topological polar surface area (TPSA) is 31.4 Å². The molecular formula is C18H16ClF2N3OS. The van der Waals surface area contributed by atoms with E-state index in [0.717, 1.165) is 16.8 Å². The number of rotatable bonds is 4. The number of nitrogens with zero attached hydrogens (tertiary/aromatic N) is 3. The van der Waals surface area contributed by atoms with E-state index in [1.54, 1.807) is 11.1 Å². The molecule has 2 aliphatic heterocycles. The van der Waals surface area contributed by atoms with E-state index in [4.69, 9.17) is 21.3 Å². The van der Waals surface area contributed by atoms with Gasteiger partial charge in [0.05, 0.1) is 18.8 Å². The molecule has 0 aromatic heterocycles. The SMILES string of the molecule is CSC1=NC(c2ccccc2Cl)N(c2ccc(F)cc2F)N1CC1CO1. The third-order valence-electron chi connectivity index (χ3n) is 4.25. The minimum absolute atomic E-state index is 0.0726. The van der Waals surface area contributed by atoms with E-state index in [1.165, 1.54) is 23.9 Å². The van der Waals surface area contributed by atoms with Crippen LogP contribution < -0.4 is 5.01 Å². The second kappa shape index (κ2) is 7.06. The number of benzene rings is 2. The predicted molar refractivity (Wildman–Crippen MR) is 100 cm³/mol. The van der Waals surface area contributed by atoms with Crippen molar-refractivity contribution in [3.8, 4) is 0 Å². The molecule has 0 bridgehead atoms. The molecule has 2 atom stereocenters. The molecule has 2 aromatic carbocycles. The van der Waals surface area contributed by atoms with E-state index in [-0.39, 0.29) is 11.8 Å². The molecule has 2 heterocycles. The number of hydrogen-bond acceptors (Lipinski definition) is 5. The van der Waals surface area contributed by atoms with Crippen LogP contribution in [-0.4, -0.2) is 35.7 Å². The van der Waals surface area contributed by atoms with Crippen molar-refractivity contribution in [2.24, 2.45) is 4.99 Å². The molecule has 4 rings (SSSR count). The molecule has 1 fully saturated rings. The van der Waals surface area contributed by atoms with Gasteiger partial charge < -0.3 is 4.74 Å². The zero-order valence-electron chi connectivity index (χ0n) is 13.9. The maximum Gasteiger partial charge on any atom is 0.180 e. The molecule has 8 heteroatoms. The fraction of sp³-hybridized carbons (Fsp3) is 0.278. The van der Waals surface area contributed by atoms with Gasteiger partial charge >= 0.3 is 0 Å². The summed E-state index contributed by atoms with van der Waals surface area (Å²) in [6.45, 7) is 1.20. The summed E-state index contributed by atoms with van der Waals surface area (Å²) in [5.74, 6) is -1.27. The Kier molecular flexibility index (Phi) is 4.77. The Morgan fingerprint density at radius 3 is 2.69 bits per heavy atom. The van der Waals surface area contributed by atoms with E-state index < -0.39 is 17.8 Å². The Morgan fingerprint density at radius 2 is 2.04 bits per heavy atom. The molecule has 0 N–H and O–H groups in total. The van der Waals surface area contributed by atoms with E-state index in [9.17, 15) is 8.78 Å². The summed E-state index contributed by atoms with van der Waals surface area (Å²) in [6.07, 6.45) is 1.45. The molecule has 2 aromatic rings. The van der Waals surface area contributed by atoms with Gasteiger partial charge in [-0.15, -0.1) is 0 Å². The van der Waals surface area contributed by atoms with Gasteiger partial charge in [-0.1, -0.05) is 41.6 Å². The van der Waals surface area contributed by atoms with Gasteiger partial charge in [0.2, 0.25) is 0 Å². The summed E-state index contributed by atoms with van der Waals surface area (Å²) in [5.41, 5.74) is 0.994. The van der Waals surface area contributed by atoms with E-state index >= 15 is 0 Å². The van der Waals surface area contributed by atoms with E-state index in [2.05, 4.69) is 0 Å². The summed E-state index contributed by atoms with van der Waals surface area (Å²) in [5, 5.41) is 4.88. The molecule has 1 saturated heterocycles. The van der Waals surface area contributed by atoms with Crippen molar-refractivity contribution in [2.45, 2.75) is 12.3 Å². The van der Waals surface area contributed by atoms with Gasteiger partial charge in [-0.05, 0) is 24.5 Å². The molecule has 26 heavy (non-hydrogen) atoms. The van der Waals surface area contributed by atoms with Crippen LogP contribution in [0.5, 0.6) is 0 Å². The third kappa shape index (κ3) is 3.26. The molecule has 0 spiro atoms. The van der Waals surface area contributed by atoms with Crippen LogP contribution in [0.2, 0.25) is 5.02 Å². The summed E-state index contributed by atoms with van der Waals surface area (Å²) in [4.78, 5) is 4.75. The van der Waals surface area contributed by atoms with Gasteiger partial charge in [0.25, 0.3) is 0 Å². The van der Waals surface area contributed by atoms with Gasteiger partial charge in [0.1, 0.15) is 11.9 Å². The maximum atomic E-state index is 14.6. The Bertz CT molecular complexity index is 862. The highest BCUT2D eigenvalue weighted by Crippen LogP contribution is 2.41. The highest BCUT2D eigenvalue weighted by molar-refractivity contribution is 8.13. The second-order valence-electron chi connectivity index (χ2n) is 5.99. The number of ether oxygens (including phenoxy) is 1. The van der Waals surface area contributed by atoms with Gasteiger partial charge in [-0.3, -0.25) is 10.0 Å². The average Bonchev–Trinajstić information content (AvgIpc) is 3.36. The van der Waals surface area contributed by atoms with Crippen LogP contribution in [0.15, 0.2) is 47.5 Å². The molecule has 2 aliphatic rings. The van der Waals surface area contributed by atoms with Crippen molar-refractivity contribution in [3.63, 3.8) is 0 Å². The molecule has 0 amide bonds. The lowest BCUT2D eigenvalue weighted by Crippen LogP contribution is -2.44. The summed E-state index contributed by atoms with van der Waals surface area (Å²) in [6, 6.07) is 10.9. The quantitative estimate of drug-likeness (QED) is 0.715. The van der Waals surface area contributed by atoms with E-state index in [0.29, 0.717) is 18.2 Å². The molecule has 4 nitrogen and oxygen atoms in total. The number of amidine groups is 1. The molecule has 136 valence electrons. The van der Waals surface area contributed by atoms with Crippen LogP contribution in [0.1, 0.15) is 11.7 Å². The Hall–Kier alpha value is -1.83. The number of thioether (sulfide) groups is 1. The van der Waals surface area contributed by atoms with Gasteiger partial charge in [0.15, 0.2) is 17.2 Å². The second-order valence-corrected chi connectivity index (χ2v) is 7.17. The van der Waals surface area contributed by atoms with Crippen molar-refractivity contribution >= 4 is 34.2 Å². The Balaban J connectivity index is 1.81. The molecule has 0 aliphatic carbocycles. The fourth-order valence-corrected chi connectivity index (χ4v) is 3.77. The van der Waals surface area contributed by atoms with Crippen molar-refractivity contribution in [3.05, 3.63) is 64.7 Å². The molecule has 2 unspecified atom stereocenters. The number of halogens is 3. The number of hydrogen-bond donors (Lipinski definition) is 0. The standard InChI is InChI=1S/C18H16ClF2N3OS/c1-26-18-22-17(13-4-2-3-5-14(13)19)24(23(18)9-12-10-25-12)16-7-6-11(20)8-15(16)21/h2-8,12,17H,9-10H2,1H3. The summed E-state index contributed by atoms with van der Waals surface area (Å²) < 4.78 is 33.4. The van der Waals surface area contributed by atoms with Crippen molar-refractivity contribution in [1.29, 1.82) is 0 Å². The zero-order valence-corrected chi connectivity index (χ0v) is 15.5. The monoisotopic (exact) mass is 395 g/mol. The fourth-order valence-electron chi connectivity index (χ4n) is 2.96. The van der Waals surface area contributed by atoms with Crippen LogP contribution in [0.25, 0.3) is 0 Å². The van der Waals surface area contributed by atoms with Gasteiger partial charge in [0, 0.05) is 16.7 Å². The van der Waals surface area contributed by atoms with Crippen molar-refractivity contribution in [2.75, 3.05) is 24.4 Å². The third-order valence-corrected chi connectivity index (χ3v) is 5.27. The molecule has 0 radical (unpaired) electrons. The number of epoxide rings is 1. The summed E-state index contributed by atoms with van der Waals surface area (Å²) in [7, 11) is 0. The number of anilines is 1. The summed E-state index contributed by atoms with van der Waals surface area (Å²) >= 11 is 7.84. The molecule has 0 saturated carbocycles. The van der Waals surface area contributed by atoms with Crippen LogP contribution in [0.4, 0.5) is 14.5 Å². The number of hydrazine groups is 1. The van der Waals surface area contributed by atoms with Crippen LogP contribution in [0.3, 0.4) is 0 Å². The Labute approximate surface area is 159 Å². The number of aliphatic imine (C=N–C) groups is 1. The lowest BCUT2D eigenvalue weighted by Gasteiger charge is -2.35. The minimum Gasteiger partial charge on any atom is -0.371 e. The maximum absolute atomic E-state index is 14.6. The lowest BCUT2D eigenvalue weighted by molar-refractivity contribution is 0.315. The van der Waals surface area contributed by atoms with Crippen LogP contribution in [0, 0.1) is 11.6 Å². The largest absolute Gasteiger partial charge is 0.371 e. The van der Waals surface area contributed by atoms with E-state index in [1.807, 2.05) is 29.5 Å². The minimum atomic E-state index is -0.652. The Morgan fingerprint density at radius 1 is 1.27 bits per heavy atom. The molecular weight excluding hydrogens is 380 g/mol. The van der Waals surface area contributed by atoms with Crippen molar-refractivity contribution < 1.29 is 13.5 Å². The van der Waals surface area contributed by atoms with Gasteiger partial charge in [-0.25, -0.2) is 13.8 Å². The predicted octanol–water partition coefficient (Wildman–Crippen LogP) is 4.47. The van der Waals surface area contributed by atoms with Crippen LogP contribution >= 0.6 is 23.4 Å². The normalized spacial score (nSPS) is 21.9. The van der Waals surface area contributed by atoms with Crippen molar-refractivity contribution in [1.82, 2.24) is 5.01 Å². The van der Waals surface area contributed by atoms with Gasteiger partial charge in [-0.2, -0.15) is 0 Å². The smallest absolute Gasteiger partial charge is 0.180 e. The van der Waals surface area contributed by atoms with Crippen LogP contribution in [-0.2, 0) is 4.74 Å². The highest BCUT2D eigenvalue weighted by Gasteiger charge is 2.40. The zero-order chi connectivity index (χ0) is 18.3. The first kappa shape index (κ1) is 17.6. The lowest BCUT2D eigenvalue weighted by atomic mass is 10.1. The average molecular weight is 396 g/mol. The highest BCUT2D eigenvalue weighted by atomic mass is 35.5. The first-order valence-corrected chi connectivity index (χ1v) is 9.68.